The van der Waals surface area contributed by atoms with Crippen LogP contribution in [0, 0.1) is 0 Å². The second-order valence-corrected chi connectivity index (χ2v) is 6.34. The van der Waals surface area contributed by atoms with Gasteiger partial charge in [-0.1, -0.05) is 18.5 Å². The third kappa shape index (κ3) is 4.76. The van der Waals surface area contributed by atoms with Gasteiger partial charge in [-0.25, -0.2) is 0 Å². The molecule has 0 aliphatic rings. The molecule has 4 nitrogen and oxygen atoms in total. The number of nitrogens with two attached hydrogens (primary N) is 1. The summed E-state index contributed by atoms with van der Waals surface area (Å²) >= 11 is 7.53. The summed E-state index contributed by atoms with van der Waals surface area (Å²) in [6.07, 6.45) is 0.972. The highest BCUT2D eigenvalue weighted by atomic mass is 35.5. The number of carbonyl (C=O) groups excluding carboxylic acids is 1. The molecule has 108 valence electrons. The Labute approximate surface area is 123 Å². The Morgan fingerprint density at radius 3 is 2.68 bits per heavy atom. The van der Waals surface area contributed by atoms with Gasteiger partial charge >= 0.3 is 0 Å². The van der Waals surface area contributed by atoms with Crippen molar-refractivity contribution in [1.82, 2.24) is 10.2 Å². The first-order chi connectivity index (χ1) is 8.99. The molecule has 0 bridgehead atoms. The van der Waals surface area contributed by atoms with Crippen LogP contribution in [0.2, 0.25) is 4.34 Å². The van der Waals surface area contributed by atoms with Crippen molar-refractivity contribution in [1.29, 1.82) is 0 Å². The van der Waals surface area contributed by atoms with Gasteiger partial charge in [-0.15, -0.1) is 11.3 Å². The number of hydrogen-bond donors (Lipinski definition) is 2. The molecule has 1 amide bonds. The minimum Gasteiger partial charge on any atom is -0.358 e. The van der Waals surface area contributed by atoms with Gasteiger partial charge in [0.05, 0.1) is 16.9 Å². The van der Waals surface area contributed by atoms with E-state index in [0.29, 0.717) is 6.54 Å². The van der Waals surface area contributed by atoms with Crippen molar-refractivity contribution in [2.75, 3.05) is 20.1 Å². The van der Waals surface area contributed by atoms with Gasteiger partial charge in [-0.05, 0) is 32.0 Å². The maximum atomic E-state index is 11.6. The molecule has 0 aromatic carbocycles. The van der Waals surface area contributed by atoms with Gasteiger partial charge in [0, 0.05) is 18.0 Å². The molecule has 0 spiro atoms. The second-order valence-electron chi connectivity index (χ2n) is 4.59. The quantitative estimate of drug-likeness (QED) is 0.812. The van der Waals surface area contributed by atoms with Gasteiger partial charge < -0.3 is 11.1 Å². The average molecular weight is 304 g/mol. The molecular weight excluding hydrogens is 282 g/mol. The topological polar surface area (TPSA) is 58.4 Å². The summed E-state index contributed by atoms with van der Waals surface area (Å²) in [4.78, 5) is 14.9. The zero-order chi connectivity index (χ0) is 14.4. The molecule has 19 heavy (non-hydrogen) atoms. The van der Waals surface area contributed by atoms with Gasteiger partial charge in [0.1, 0.15) is 0 Å². The van der Waals surface area contributed by atoms with Crippen LogP contribution in [-0.4, -0.2) is 37.0 Å². The predicted octanol–water partition coefficient (Wildman–Crippen LogP) is 2.25. The van der Waals surface area contributed by atoms with Crippen LogP contribution in [0.25, 0.3) is 0 Å². The van der Waals surface area contributed by atoms with Crippen LogP contribution < -0.4 is 11.1 Å². The number of carbonyl (C=O) groups is 1. The predicted molar refractivity (Wildman–Crippen MR) is 81.7 cm³/mol. The van der Waals surface area contributed by atoms with Crippen molar-refractivity contribution in [2.24, 2.45) is 5.73 Å². The molecule has 2 unspecified atom stereocenters. The van der Waals surface area contributed by atoms with E-state index in [1.807, 2.05) is 19.1 Å². The largest absolute Gasteiger partial charge is 0.358 e. The van der Waals surface area contributed by atoms with E-state index in [1.54, 1.807) is 7.05 Å². The summed E-state index contributed by atoms with van der Waals surface area (Å²) in [5.41, 5.74) is 6.12. The lowest BCUT2D eigenvalue weighted by Crippen LogP contribution is -2.44. The Kier molecular flexibility index (Phi) is 6.79. The summed E-state index contributed by atoms with van der Waals surface area (Å²) in [6.45, 7) is 5.24. The standard InChI is InChI=1S/C13H22ClN3OS/c1-4-7-17(8-12(18)16-3)13(9(2)15)10-5-6-11(14)19-10/h5-6,9,13H,4,7-8,15H2,1-3H3,(H,16,18). The van der Waals surface area contributed by atoms with Crippen molar-refractivity contribution >= 4 is 28.8 Å². The lowest BCUT2D eigenvalue weighted by Gasteiger charge is -2.32. The smallest absolute Gasteiger partial charge is 0.233 e. The molecule has 3 N–H and O–H groups in total. The minimum absolute atomic E-state index is 0.00162. The van der Waals surface area contributed by atoms with E-state index < -0.39 is 0 Å². The Bertz CT molecular complexity index is 408. The molecule has 1 rings (SSSR count). The molecule has 1 aromatic rings. The zero-order valence-electron chi connectivity index (χ0n) is 11.6. The molecule has 0 aliphatic heterocycles. The van der Waals surface area contributed by atoms with Gasteiger partial charge in [0.2, 0.25) is 5.91 Å². The highest BCUT2D eigenvalue weighted by Crippen LogP contribution is 2.32. The highest BCUT2D eigenvalue weighted by Gasteiger charge is 2.26. The Morgan fingerprint density at radius 2 is 2.26 bits per heavy atom. The molecule has 0 aliphatic carbocycles. The number of hydrogen-bond acceptors (Lipinski definition) is 4. The van der Waals surface area contributed by atoms with Gasteiger partial charge in [-0.2, -0.15) is 0 Å². The van der Waals surface area contributed by atoms with E-state index >= 15 is 0 Å². The van der Waals surface area contributed by atoms with E-state index in [2.05, 4.69) is 17.1 Å². The van der Waals surface area contributed by atoms with Crippen molar-refractivity contribution in [3.8, 4) is 0 Å². The first-order valence-corrected chi connectivity index (χ1v) is 7.64. The SMILES string of the molecule is CCCN(CC(=O)NC)C(c1ccc(Cl)s1)C(C)N. The van der Waals surface area contributed by atoms with Crippen molar-refractivity contribution in [3.63, 3.8) is 0 Å². The maximum Gasteiger partial charge on any atom is 0.233 e. The number of likely N-dealkylation sites (N-methyl/N-ethyl adjacent to an activating group) is 1. The average Bonchev–Trinajstić information content (AvgIpc) is 2.75. The fourth-order valence-electron chi connectivity index (χ4n) is 2.13. The third-order valence-corrected chi connectivity index (χ3v) is 4.22. The van der Waals surface area contributed by atoms with E-state index in [9.17, 15) is 4.79 Å². The second kappa shape index (κ2) is 7.85. The number of halogens is 1. The van der Waals surface area contributed by atoms with Crippen molar-refractivity contribution < 1.29 is 4.79 Å². The normalized spacial score (nSPS) is 14.4. The molecule has 1 heterocycles. The third-order valence-electron chi connectivity index (χ3n) is 2.91. The number of nitrogens with one attached hydrogen (secondary N) is 1. The summed E-state index contributed by atoms with van der Waals surface area (Å²) in [5, 5.41) is 2.66. The highest BCUT2D eigenvalue weighted by molar-refractivity contribution is 7.16. The molecule has 0 saturated carbocycles. The van der Waals surface area contributed by atoms with Crippen LogP contribution in [0.5, 0.6) is 0 Å². The molecule has 0 saturated heterocycles. The first-order valence-electron chi connectivity index (χ1n) is 6.45. The van der Waals surface area contributed by atoms with Crippen LogP contribution in [-0.2, 0) is 4.79 Å². The molecule has 6 heteroatoms. The zero-order valence-corrected chi connectivity index (χ0v) is 13.2. The molecule has 0 fully saturated rings. The summed E-state index contributed by atoms with van der Waals surface area (Å²) in [6, 6.07) is 3.83. The number of nitrogens with zero attached hydrogens (tertiary/aromatic N) is 1. The Morgan fingerprint density at radius 1 is 1.58 bits per heavy atom. The van der Waals surface area contributed by atoms with Gasteiger partial charge in [0.25, 0.3) is 0 Å². The first kappa shape index (κ1) is 16.4. The monoisotopic (exact) mass is 303 g/mol. The maximum absolute atomic E-state index is 11.6. The van der Waals surface area contributed by atoms with Crippen molar-refractivity contribution in [3.05, 3.63) is 21.3 Å². The Balaban J connectivity index is 2.95. The number of rotatable bonds is 7. The molecule has 2 atom stereocenters. The van der Waals surface area contributed by atoms with Gasteiger partial charge in [0.15, 0.2) is 0 Å². The summed E-state index contributed by atoms with van der Waals surface area (Å²) < 4.78 is 0.747. The van der Waals surface area contributed by atoms with E-state index in [1.165, 1.54) is 11.3 Å². The van der Waals surface area contributed by atoms with Crippen LogP contribution in [0.15, 0.2) is 12.1 Å². The fourth-order valence-corrected chi connectivity index (χ4v) is 3.44. The molecule has 0 radical (unpaired) electrons. The van der Waals surface area contributed by atoms with Gasteiger partial charge in [-0.3, -0.25) is 9.69 Å². The summed E-state index contributed by atoms with van der Waals surface area (Å²) in [5.74, 6) is 0.00162. The lowest BCUT2D eigenvalue weighted by atomic mass is 10.1. The minimum atomic E-state index is -0.0640. The molecular formula is C13H22ClN3OS. The molecule has 1 aromatic heterocycles. The van der Waals surface area contributed by atoms with Crippen molar-refractivity contribution in [2.45, 2.75) is 32.4 Å². The number of amides is 1. The lowest BCUT2D eigenvalue weighted by molar-refractivity contribution is -0.122. The van der Waals surface area contributed by atoms with E-state index in [0.717, 1.165) is 22.2 Å². The summed E-state index contributed by atoms with van der Waals surface area (Å²) in [7, 11) is 1.65. The van der Waals surface area contributed by atoms with E-state index in [-0.39, 0.29) is 18.0 Å². The van der Waals surface area contributed by atoms with E-state index in [4.69, 9.17) is 17.3 Å². The number of thiophene rings is 1. The van der Waals surface area contributed by atoms with Crippen LogP contribution in [0.3, 0.4) is 0 Å². The van der Waals surface area contributed by atoms with Crippen LogP contribution >= 0.6 is 22.9 Å². The van der Waals surface area contributed by atoms with Crippen LogP contribution in [0.4, 0.5) is 0 Å². The Hall–Kier alpha value is -0.620. The van der Waals surface area contributed by atoms with Crippen LogP contribution in [0.1, 0.15) is 31.2 Å². The fraction of sp³-hybridized carbons (Fsp3) is 0.615.